The van der Waals surface area contributed by atoms with Gasteiger partial charge in [0.1, 0.15) is 0 Å². The average molecular weight is 315 g/mol. The standard InChI is InChI=1S/C14H17N7S/c1-9-5-17-14(22-9)19-12-13-16-7-11(21(13)4-3-15-12)10-6-18-20(2)8-10/h3-6,10-11H,7-8H2,1-2H3,(H,15,17,19). The summed E-state index contributed by atoms with van der Waals surface area (Å²) in [6, 6.07) is 0.310. The number of aryl methyl sites for hydroxylation is 1. The number of aliphatic imine (C=N–C) groups is 2. The van der Waals surface area contributed by atoms with Crippen molar-refractivity contribution in [1.82, 2.24) is 14.9 Å². The fourth-order valence-electron chi connectivity index (χ4n) is 2.89. The van der Waals surface area contributed by atoms with Crippen LogP contribution in [0.3, 0.4) is 0 Å². The van der Waals surface area contributed by atoms with Crippen LogP contribution in [0.5, 0.6) is 0 Å². The fraction of sp³-hybridized carbons (Fsp3) is 0.429. The summed E-state index contributed by atoms with van der Waals surface area (Å²) in [6.45, 7) is 3.74. The van der Waals surface area contributed by atoms with Gasteiger partial charge in [0, 0.05) is 49.2 Å². The van der Waals surface area contributed by atoms with Gasteiger partial charge in [0.05, 0.1) is 12.6 Å². The van der Waals surface area contributed by atoms with Crippen molar-refractivity contribution < 1.29 is 0 Å². The van der Waals surface area contributed by atoms with Crippen LogP contribution < -0.4 is 5.32 Å². The molecule has 0 amide bonds. The van der Waals surface area contributed by atoms with Gasteiger partial charge in [-0.25, -0.2) is 9.98 Å². The van der Waals surface area contributed by atoms with E-state index in [1.54, 1.807) is 11.3 Å². The second-order valence-electron chi connectivity index (χ2n) is 5.58. The number of amidine groups is 2. The van der Waals surface area contributed by atoms with Crippen molar-refractivity contribution in [1.29, 1.82) is 0 Å². The van der Waals surface area contributed by atoms with E-state index < -0.39 is 0 Å². The molecule has 4 rings (SSSR count). The van der Waals surface area contributed by atoms with Crippen LogP contribution in [0.15, 0.2) is 33.7 Å². The molecular formula is C14H17N7S. The van der Waals surface area contributed by atoms with Gasteiger partial charge in [-0.2, -0.15) is 5.10 Å². The lowest BCUT2D eigenvalue weighted by atomic mass is 10.0. The van der Waals surface area contributed by atoms with Crippen molar-refractivity contribution in [3.63, 3.8) is 0 Å². The topological polar surface area (TPSA) is 68.5 Å². The van der Waals surface area contributed by atoms with Crippen LogP contribution in [0.25, 0.3) is 0 Å². The third kappa shape index (κ3) is 2.29. The summed E-state index contributed by atoms with van der Waals surface area (Å²) in [5.41, 5.74) is 0. The van der Waals surface area contributed by atoms with E-state index in [9.17, 15) is 0 Å². The van der Waals surface area contributed by atoms with E-state index in [2.05, 4.69) is 30.3 Å². The molecule has 2 atom stereocenters. The molecule has 0 radical (unpaired) electrons. The molecule has 0 aliphatic carbocycles. The Morgan fingerprint density at radius 1 is 1.41 bits per heavy atom. The van der Waals surface area contributed by atoms with Crippen LogP contribution in [-0.4, -0.2) is 59.0 Å². The van der Waals surface area contributed by atoms with Gasteiger partial charge in [0.2, 0.25) is 0 Å². The second-order valence-corrected chi connectivity index (χ2v) is 6.82. The Kier molecular flexibility index (Phi) is 3.18. The third-order valence-electron chi connectivity index (χ3n) is 3.94. The van der Waals surface area contributed by atoms with Crippen molar-refractivity contribution in [3.05, 3.63) is 23.5 Å². The molecule has 0 bridgehead atoms. The lowest BCUT2D eigenvalue weighted by Gasteiger charge is -2.29. The number of hydrogen-bond donors (Lipinski definition) is 1. The smallest absolute Gasteiger partial charge is 0.188 e. The van der Waals surface area contributed by atoms with E-state index in [1.165, 1.54) is 4.88 Å². The first kappa shape index (κ1) is 13.4. The lowest BCUT2D eigenvalue weighted by molar-refractivity contribution is 0.299. The predicted molar refractivity (Wildman–Crippen MR) is 89.6 cm³/mol. The van der Waals surface area contributed by atoms with Crippen LogP contribution in [0.4, 0.5) is 5.13 Å². The summed E-state index contributed by atoms with van der Waals surface area (Å²) in [7, 11) is 2.00. The van der Waals surface area contributed by atoms with E-state index in [1.807, 2.05) is 43.8 Å². The third-order valence-corrected chi connectivity index (χ3v) is 4.77. The van der Waals surface area contributed by atoms with Crippen molar-refractivity contribution in [3.8, 4) is 0 Å². The molecule has 0 spiro atoms. The van der Waals surface area contributed by atoms with Crippen LogP contribution in [-0.2, 0) is 0 Å². The van der Waals surface area contributed by atoms with Gasteiger partial charge in [-0.1, -0.05) is 0 Å². The molecule has 8 heteroatoms. The number of hydrazone groups is 1. The van der Waals surface area contributed by atoms with Gasteiger partial charge < -0.3 is 10.2 Å². The lowest BCUT2D eigenvalue weighted by Crippen LogP contribution is -2.45. The summed E-state index contributed by atoms with van der Waals surface area (Å²) >= 11 is 1.61. The first-order valence-electron chi connectivity index (χ1n) is 7.23. The van der Waals surface area contributed by atoms with Gasteiger partial charge in [-0.3, -0.25) is 10.0 Å². The summed E-state index contributed by atoms with van der Waals surface area (Å²) in [6.07, 6.45) is 7.70. The van der Waals surface area contributed by atoms with E-state index in [-0.39, 0.29) is 0 Å². The highest BCUT2D eigenvalue weighted by Crippen LogP contribution is 2.25. The van der Waals surface area contributed by atoms with Crippen LogP contribution in [0, 0.1) is 12.8 Å². The number of thiazole rings is 1. The average Bonchev–Trinajstić information content (AvgIpc) is 3.19. The minimum atomic E-state index is 0.310. The monoisotopic (exact) mass is 315 g/mol. The van der Waals surface area contributed by atoms with E-state index in [4.69, 9.17) is 0 Å². The number of rotatable bonds is 2. The molecule has 7 nitrogen and oxygen atoms in total. The van der Waals surface area contributed by atoms with Crippen molar-refractivity contribution in [2.45, 2.75) is 13.0 Å². The molecule has 0 fully saturated rings. The molecule has 1 aromatic rings. The van der Waals surface area contributed by atoms with Crippen molar-refractivity contribution in [2.75, 3.05) is 25.5 Å². The number of aromatic nitrogens is 1. The largest absolute Gasteiger partial charge is 0.323 e. The molecular weight excluding hydrogens is 298 g/mol. The Bertz CT molecular complexity index is 702. The Balaban J connectivity index is 1.52. The van der Waals surface area contributed by atoms with Gasteiger partial charge in [0.15, 0.2) is 16.8 Å². The van der Waals surface area contributed by atoms with Gasteiger partial charge in [-0.15, -0.1) is 11.3 Å². The fourth-order valence-corrected chi connectivity index (χ4v) is 3.55. The maximum absolute atomic E-state index is 4.69. The SMILES string of the molecule is Cc1cnc(NC2=NC=CN3C2=NCC3C2C=NN(C)C2)s1. The molecule has 0 aromatic carbocycles. The molecule has 4 heterocycles. The summed E-state index contributed by atoms with van der Waals surface area (Å²) < 4.78 is 0. The Labute approximate surface area is 132 Å². The zero-order valence-electron chi connectivity index (χ0n) is 12.5. The number of anilines is 1. The molecule has 0 saturated heterocycles. The van der Waals surface area contributed by atoms with Crippen molar-refractivity contribution in [2.24, 2.45) is 21.0 Å². The molecule has 2 unspecified atom stereocenters. The molecule has 0 saturated carbocycles. The van der Waals surface area contributed by atoms with Crippen LogP contribution in [0.1, 0.15) is 4.88 Å². The van der Waals surface area contributed by atoms with Crippen LogP contribution >= 0.6 is 11.3 Å². The minimum absolute atomic E-state index is 0.310. The van der Waals surface area contributed by atoms with Gasteiger partial charge in [-0.05, 0) is 6.92 Å². The van der Waals surface area contributed by atoms with E-state index >= 15 is 0 Å². The predicted octanol–water partition coefficient (Wildman–Crippen LogP) is 1.38. The highest BCUT2D eigenvalue weighted by atomic mass is 32.1. The summed E-state index contributed by atoms with van der Waals surface area (Å²) in [5, 5.41) is 10.4. The zero-order chi connectivity index (χ0) is 15.1. The molecule has 3 aliphatic heterocycles. The highest BCUT2D eigenvalue weighted by Gasteiger charge is 2.37. The number of nitrogens with one attached hydrogen (secondary N) is 1. The summed E-state index contributed by atoms with van der Waals surface area (Å²) in [5.74, 6) is 2.04. The van der Waals surface area contributed by atoms with Gasteiger partial charge in [0.25, 0.3) is 0 Å². The maximum atomic E-state index is 4.69. The Morgan fingerprint density at radius 2 is 2.32 bits per heavy atom. The van der Waals surface area contributed by atoms with E-state index in [0.717, 1.165) is 29.9 Å². The molecule has 1 N–H and O–H groups in total. The number of hydrogen-bond acceptors (Lipinski definition) is 8. The minimum Gasteiger partial charge on any atom is -0.323 e. The first-order valence-corrected chi connectivity index (χ1v) is 8.05. The van der Waals surface area contributed by atoms with Crippen molar-refractivity contribution >= 4 is 34.4 Å². The number of fused-ring (bicyclic) bond motifs is 1. The second kappa shape index (κ2) is 5.20. The molecule has 114 valence electrons. The Hall–Kier alpha value is -2.22. The normalized spacial score (nSPS) is 26.3. The Morgan fingerprint density at radius 3 is 3.05 bits per heavy atom. The quantitative estimate of drug-likeness (QED) is 0.895. The highest BCUT2D eigenvalue weighted by molar-refractivity contribution is 7.15. The molecule has 22 heavy (non-hydrogen) atoms. The van der Waals surface area contributed by atoms with E-state index in [0.29, 0.717) is 12.0 Å². The number of nitrogens with zero attached hydrogens (tertiary/aromatic N) is 6. The zero-order valence-corrected chi connectivity index (χ0v) is 13.3. The molecule has 3 aliphatic rings. The molecule has 1 aromatic heterocycles. The van der Waals surface area contributed by atoms with Crippen LogP contribution in [0.2, 0.25) is 0 Å². The van der Waals surface area contributed by atoms with Gasteiger partial charge >= 0.3 is 0 Å². The summed E-state index contributed by atoms with van der Waals surface area (Å²) in [4.78, 5) is 16.8. The first-order chi connectivity index (χ1) is 10.7. The maximum Gasteiger partial charge on any atom is 0.188 e.